The van der Waals surface area contributed by atoms with Gasteiger partial charge in [-0.05, 0) is 42.5 Å². The molecule has 0 atom stereocenters. The number of fused-ring (bicyclic) bond motifs is 2. The summed E-state index contributed by atoms with van der Waals surface area (Å²) in [6.45, 7) is 1.28. The van der Waals surface area contributed by atoms with Crippen LogP contribution in [0.25, 0.3) is 22.6 Å². The molecule has 0 radical (unpaired) electrons. The van der Waals surface area contributed by atoms with E-state index in [1.807, 2.05) is 55.6 Å². The number of carbonyl (C=O) groups is 1. The van der Waals surface area contributed by atoms with Gasteiger partial charge in [-0.3, -0.25) is 4.90 Å². The molecule has 1 N–H and O–H groups in total. The zero-order valence-corrected chi connectivity index (χ0v) is 15.3. The Hall–Kier alpha value is -3.18. The van der Waals surface area contributed by atoms with Gasteiger partial charge in [-0.1, -0.05) is 30.3 Å². The first-order valence-electron chi connectivity index (χ1n) is 8.75. The number of likely N-dealkylation sites (N-methyl/N-ethyl adjacent to an activating group) is 1. The van der Waals surface area contributed by atoms with Crippen LogP contribution in [-0.2, 0) is 6.54 Å². The number of aromatic nitrogens is 1. The lowest BCUT2D eigenvalue weighted by Gasteiger charge is -2.28. The van der Waals surface area contributed by atoms with E-state index in [0.717, 1.165) is 28.1 Å². The Bertz CT molecular complexity index is 1060. The quantitative estimate of drug-likeness (QED) is 0.767. The molecule has 4 rings (SSSR count). The molecule has 0 saturated carbocycles. The molecule has 2 aromatic carbocycles. The molecule has 3 aromatic rings. The topological polar surface area (TPSA) is 62.7 Å². The minimum absolute atomic E-state index is 0.350. The molecule has 1 aromatic heterocycles. The number of pyridine rings is 1. The lowest BCUT2D eigenvalue weighted by atomic mass is 9.92. The van der Waals surface area contributed by atoms with Crippen LogP contribution >= 0.6 is 0 Å². The molecule has 27 heavy (non-hydrogen) atoms. The van der Waals surface area contributed by atoms with Crippen LogP contribution in [0, 0.1) is 0 Å². The van der Waals surface area contributed by atoms with Crippen LogP contribution in [0.4, 0.5) is 0 Å². The first-order chi connectivity index (χ1) is 13.1. The molecule has 1 aliphatic rings. The lowest BCUT2D eigenvalue weighted by molar-refractivity contribution is 0.0696. The summed E-state index contributed by atoms with van der Waals surface area (Å²) in [5.41, 5.74) is 4.65. The van der Waals surface area contributed by atoms with Gasteiger partial charge in [0.1, 0.15) is 5.75 Å². The van der Waals surface area contributed by atoms with Crippen molar-refractivity contribution in [2.45, 2.75) is 6.54 Å². The van der Waals surface area contributed by atoms with Crippen LogP contribution in [0.1, 0.15) is 27.2 Å². The zero-order chi connectivity index (χ0) is 19.0. The Labute approximate surface area is 157 Å². The Morgan fingerprint density at radius 1 is 1.15 bits per heavy atom. The van der Waals surface area contributed by atoms with E-state index in [2.05, 4.69) is 11.0 Å². The zero-order valence-electron chi connectivity index (χ0n) is 15.3. The minimum Gasteiger partial charge on any atom is -0.497 e. The van der Waals surface area contributed by atoms with Crippen LogP contribution in [-0.4, -0.2) is 41.7 Å². The number of rotatable bonds is 3. The molecule has 5 heteroatoms. The molecule has 0 fully saturated rings. The molecule has 1 aliphatic heterocycles. The first kappa shape index (κ1) is 17.2. The number of carboxylic acid groups (broad SMARTS) is 1. The summed E-state index contributed by atoms with van der Waals surface area (Å²) in [7, 11) is 3.63. The summed E-state index contributed by atoms with van der Waals surface area (Å²) < 4.78 is 5.22. The second-order valence-corrected chi connectivity index (χ2v) is 6.75. The third kappa shape index (κ3) is 3.17. The van der Waals surface area contributed by atoms with Crippen molar-refractivity contribution in [3.63, 3.8) is 0 Å². The molecule has 5 nitrogen and oxygen atoms in total. The summed E-state index contributed by atoms with van der Waals surface area (Å²) in [5, 5.41) is 10.6. The summed E-state index contributed by atoms with van der Waals surface area (Å²) in [6, 6.07) is 15.2. The van der Waals surface area contributed by atoms with Crippen molar-refractivity contribution in [1.82, 2.24) is 9.88 Å². The summed E-state index contributed by atoms with van der Waals surface area (Å²) in [6.07, 6.45) is 2.07. The molecule has 0 bridgehead atoms. The van der Waals surface area contributed by atoms with Gasteiger partial charge in [0, 0.05) is 24.0 Å². The van der Waals surface area contributed by atoms with E-state index in [1.54, 1.807) is 7.11 Å². The number of para-hydroxylation sites is 1. The largest absolute Gasteiger partial charge is 0.497 e. The highest BCUT2D eigenvalue weighted by Crippen LogP contribution is 2.33. The highest BCUT2D eigenvalue weighted by molar-refractivity contribution is 6.05. The highest BCUT2D eigenvalue weighted by Gasteiger charge is 2.26. The standard InChI is InChI=1S/C22H20N2O3/c1-24-12-15(11-14-7-9-16(27-2)10-8-14)21-18(13-24)20(22(25)26)17-5-3-4-6-19(17)23-21/h3-11H,12-13H2,1-2H3,(H,25,26). The molecule has 2 heterocycles. The fourth-order valence-electron chi connectivity index (χ4n) is 3.62. The predicted molar refractivity (Wildman–Crippen MR) is 106 cm³/mol. The molecule has 0 spiro atoms. The molecule has 0 unspecified atom stereocenters. The monoisotopic (exact) mass is 360 g/mol. The molecule has 0 aliphatic carbocycles. The molecular weight excluding hydrogens is 340 g/mol. The molecule has 0 amide bonds. The van der Waals surface area contributed by atoms with Crippen LogP contribution < -0.4 is 4.74 Å². The number of hydrogen-bond donors (Lipinski definition) is 1. The Kier molecular flexibility index (Phi) is 4.38. The van der Waals surface area contributed by atoms with Gasteiger partial charge >= 0.3 is 5.97 Å². The number of nitrogens with zero attached hydrogens (tertiary/aromatic N) is 2. The lowest BCUT2D eigenvalue weighted by Crippen LogP contribution is -2.28. The van der Waals surface area contributed by atoms with Gasteiger partial charge in [0.25, 0.3) is 0 Å². The number of aromatic carboxylic acids is 1. The Morgan fingerprint density at radius 2 is 1.89 bits per heavy atom. The fourth-order valence-corrected chi connectivity index (χ4v) is 3.62. The van der Waals surface area contributed by atoms with Gasteiger partial charge in [-0.15, -0.1) is 0 Å². The van der Waals surface area contributed by atoms with Gasteiger partial charge in [-0.2, -0.15) is 0 Å². The van der Waals surface area contributed by atoms with Crippen molar-refractivity contribution in [2.75, 3.05) is 20.7 Å². The Morgan fingerprint density at radius 3 is 2.59 bits per heavy atom. The molecule has 0 saturated heterocycles. The maximum Gasteiger partial charge on any atom is 0.336 e. The second-order valence-electron chi connectivity index (χ2n) is 6.75. The van der Waals surface area contributed by atoms with Crippen molar-refractivity contribution in [2.24, 2.45) is 0 Å². The fraction of sp³-hybridized carbons (Fsp3) is 0.182. The average Bonchev–Trinajstić information content (AvgIpc) is 2.66. The van der Waals surface area contributed by atoms with Crippen LogP contribution in [0.3, 0.4) is 0 Å². The summed E-state index contributed by atoms with van der Waals surface area (Å²) in [5.74, 6) is -0.112. The summed E-state index contributed by atoms with van der Waals surface area (Å²) in [4.78, 5) is 19.0. The van der Waals surface area contributed by atoms with Crippen LogP contribution in [0.15, 0.2) is 48.5 Å². The summed E-state index contributed by atoms with van der Waals surface area (Å²) >= 11 is 0. The normalized spacial score (nSPS) is 15.7. The maximum atomic E-state index is 12.0. The van der Waals surface area contributed by atoms with E-state index in [-0.39, 0.29) is 0 Å². The van der Waals surface area contributed by atoms with Crippen LogP contribution in [0.2, 0.25) is 0 Å². The second kappa shape index (κ2) is 6.85. The van der Waals surface area contributed by atoms with Gasteiger partial charge < -0.3 is 9.84 Å². The van der Waals surface area contributed by atoms with Crippen molar-refractivity contribution in [1.29, 1.82) is 0 Å². The van der Waals surface area contributed by atoms with Gasteiger partial charge in [-0.25, -0.2) is 9.78 Å². The van der Waals surface area contributed by atoms with Crippen molar-refractivity contribution in [3.8, 4) is 5.75 Å². The molecule has 136 valence electrons. The van der Waals surface area contributed by atoms with Crippen molar-refractivity contribution in [3.05, 3.63) is 70.9 Å². The van der Waals surface area contributed by atoms with E-state index < -0.39 is 5.97 Å². The first-order valence-corrected chi connectivity index (χ1v) is 8.75. The number of carboxylic acids is 1. The van der Waals surface area contributed by atoms with Crippen molar-refractivity contribution < 1.29 is 14.6 Å². The van der Waals surface area contributed by atoms with Crippen molar-refractivity contribution >= 4 is 28.5 Å². The van der Waals surface area contributed by atoms with Gasteiger partial charge in [0.05, 0.1) is 23.9 Å². The number of ether oxygens (including phenoxy) is 1. The van der Waals surface area contributed by atoms with E-state index in [4.69, 9.17) is 9.72 Å². The van der Waals surface area contributed by atoms with E-state index in [0.29, 0.717) is 29.6 Å². The van der Waals surface area contributed by atoms with Gasteiger partial charge in [0.2, 0.25) is 0 Å². The Balaban J connectivity index is 1.93. The van der Waals surface area contributed by atoms with E-state index >= 15 is 0 Å². The third-order valence-electron chi connectivity index (χ3n) is 4.84. The van der Waals surface area contributed by atoms with Gasteiger partial charge in [0.15, 0.2) is 0 Å². The molecular formula is C22H20N2O3. The third-order valence-corrected chi connectivity index (χ3v) is 4.84. The number of hydrogen-bond acceptors (Lipinski definition) is 4. The van der Waals surface area contributed by atoms with E-state index in [1.165, 1.54) is 0 Å². The highest BCUT2D eigenvalue weighted by atomic mass is 16.5. The smallest absolute Gasteiger partial charge is 0.336 e. The average molecular weight is 360 g/mol. The minimum atomic E-state index is -0.913. The maximum absolute atomic E-state index is 12.0. The predicted octanol–water partition coefficient (Wildman–Crippen LogP) is 3.93. The van der Waals surface area contributed by atoms with Crippen LogP contribution in [0.5, 0.6) is 5.75 Å². The van der Waals surface area contributed by atoms with E-state index in [9.17, 15) is 9.90 Å². The number of benzene rings is 2. The SMILES string of the molecule is COc1ccc(C=C2CN(C)Cc3c2nc2ccccc2c3C(=O)O)cc1. The number of methoxy groups -OCH3 is 1.